The van der Waals surface area contributed by atoms with Crippen molar-refractivity contribution in [1.29, 1.82) is 0 Å². The van der Waals surface area contributed by atoms with Gasteiger partial charge >= 0.3 is 6.03 Å². The Balaban J connectivity index is 1.57. The summed E-state index contributed by atoms with van der Waals surface area (Å²) in [5.41, 5.74) is 1.75. The minimum absolute atomic E-state index is 0.00334. The highest BCUT2D eigenvalue weighted by molar-refractivity contribution is 5.80. The lowest BCUT2D eigenvalue weighted by Crippen LogP contribution is -2.38. The first-order valence-corrected chi connectivity index (χ1v) is 9.45. The highest BCUT2D eigenvalue weighted by Gasteiger charge is 2.22. The monoisotopic (exact) mass is 385 g/mol. The van der Waals surface area contributed by atoms with Crippen molar-refractivity contribution >= 4 is 11.9 Å². The van der Waals surface area contributed by atoms with Crippen LogP contribution >= 0.6 is 0 Å². The number of aromatic nitrogens is 2. The zero-order valence-corrected chi connectivity index (χ0v) is 16.6. The molecule has 0 unspecified atom stereocenters. The Morgan fingerprint density at radius 3 is 2.71 bits per heavy atom. The van der Waals surface area contributed by atoms with Gasteiger partial charge in [0.2, 0.25) is 0 Å². The van der Waals surface area contributed by atoms with Crippen LogP contribution in [0.25, 0.3) is 0 Å². The maximum absolute atomic E-state index is 12.3. The summed E-state index contributed by atoms with van der Waals surface area (Å²) in [6.07, 6.45) is 0.248. The quantitative estimate of drug-likeness (QED) is 0.852. The van der Waals surface area contributed by atoms with Crippen molar-refractivity contribution < 1.29 is 14.3 Å². The number of aryl methyl sites for hydroxylation is 1. The molecule has 1 aliphatic rings. The fraction of sp³-hybridized carbons (Fsp3) is 0.450. The zero-order valence-electron chi connectivity index (χ0n) is 16.6. The molecule has 0 bridgehead atoms. The molecule has 0 saturated carbocycles. The van der Waals surface area contributed by atoms with Crippen molar-refractivity contribution in [3.63, 3.8) is 0 Å². The largest absolute Gasteiger partial charge is 0.481 e. The molecule has 28 heavy (non-hydrogen) atoms. The molecule has 2 heterocycles. The van der Waals surface area contributed by atoms with Gasteiger partial charge in [0.15, 0.2) is 6.10 Å². The molecule has 1 aromatic heterocycles. The van der Waals surface area contributed by atoms with Gasteiger partial charge in [-0.15, -0.1) is 0 Å². The topological polar surface area (TPSA) is 79.7 Å². The third kappa shape index (κ3) is 4.82. The molecule has 0 aliphatic carbocycles. The van der Waals surface area contributed by atoms with Crippen molar-refractivity contribution in [2.75, 3.05) is 20.6 Å². The van der Waals surface area contributed by atoms with Crippen LogP contribution in [0.2, 0.25) is 0 Å². The minimum atomic E-state index is -0.601. The maximum Gasteiger partial charge on any atom is 0.319 e. The summed E-state index contributed by atoms with van der Waals surface area (Å²) in [7, 11) is 3.51. The van der Waals surface area contributed by atoms with Gasteiger partial charge in [-0.2, -0.15) is 5.10 Å². The van der Waals surface area contributed by atoms with Crippen LogP contribution in [0, 0.1) is 0 Å². The maximum atomic E-state index is 12.3. The lowest BCUT2D eigenvalue weighted by Gasteiger charge is -2.23. The fourth-order valence-electron chi connectivity index (χ4n) is 3.13. The van der Waals surface area contributed by atoms with Crippen LogP contribution in [-0.4, -0.2) is 58.3 Å². The van der Waals surface area contributed by atoms with Crippen molar-refractivity contribution in [2.45, 2.75) is 39.1 Å². The Hall–Kier alpha value is -3.03. The van der Waals surface area contributed by atoms with E-state index in [0.717, 1.165) is 24.4 Å². The third-order valence-corrected chi connectivity index (χ3v) is 4.59. The average Bonchev–Trinajstić information content (AvgIpc) is 2.96. The van der Waals surface area contributed by atoms with Gasteiger partial charge in [-0.1, -0.05) is 18.2 Å². The second-order valence-corrected chi connectivity index (χ2v) is 7.09. The Morgan fingerprint density at radius 2 is 2.00 bits per heavy atom. The molecular formula is C20H27N5O3. The molecule has 1 N–H and O–H groups in total. The molecule has 0 saturated heterocycles. The number of ether oxygens (including phenoxy) is 1. The average molecular weight is 385 g/mol. The number of nitrogens with zero attached hydrogens (tertiary/aromatic N) is 4. The Morgan fingerprint density at radius 1 is 1.25 bits per heavy atom. The first-order chi connectivity index (χ1) is 13.4. The minimum Gasteiger partial charge on any atom is -0.481 e. The normalized spacial score (nSPS) is 14.6. The van der Waals surface area contributed by atoms with E-state index in [-0.39, 0.29) is 11.9 Å². The number of hydrogen-bond acceptors (Lipinski definition) is 4. The summed E-state index contributed by atoms with van der Waals surface area (Å²) in [6.45, 7) is 4.03. The molecule has 1 atom stereocenters. The van der Waals surface area contributed by atoms with Gasteiger partial charge in [0.05, 0.1) is 24.5 Å². The number of urea groups is 1. The molecule has 3 amide bonds. The highest BCUT2D eigenvalue weighted by Crippen LogP contribution is 2.15. The van der Waals surface area contributed by atoms with Crippen molar-refractivity contribution in [1.82, 2.24) is 24.9 Å². The number of amides is 3. The van der Waals surface area contributed by atoms with Crippen molar-refractivity contribution in [3.8, 4) is 5.75 Å². The molecular weight excluding hydrogens is 358 g/mol. The van der Waals surface area contributed by atoms with E-state index in [0.29, 0.717) is 25.4 Å². The Kier molecular flexibility index (Phi) is 6.18. The molecule has 0 spiro atoms. The smallest absolute Gasteiger partial charge is 0.319 e. The number of rotatable bonds is 5. The van der Waals surface area contributed by atoms with Gasteiger partial charge in [-0.25, -0.2) is 4.79 Å². The standard InChI is InChI=1S/C20H27N5O3/c1-15(28-18-8-5-4-6-9-18)19(26)21-13-16-12-17-14-24(20(27)23(2)3)10-7-11-25(17)22-16/h4-6,8-9,12,15H,7,10-11,13-14H2,1-3H3,(H,21,26)/t15-/m0/s1. The first kappa shape index (κ1) is 19.7. The summed E-state index contributed by atoms with van der Waals surface area (Å²) in [4.78, 5) is 28.0. The Bertz CT molecular complexity index is 819. The summed E-state index contributed by atoms with van der Waals surface area (Å²) >= 11 is 0. The van der Waals surface area contributed by atoms with Crippen LogP contribution < -0.4 is 10.1 Å². The van der Waals surface area contributed by atoms with E-state index in [1.807, 2.05) is 46.0 Å². The molecule has 8 heteroatoms. The molecule has 150 valence electrons. The number of fused-ring (bicyclic) bond motifs is 1. The van der Waals surface area contributed by atoms with Gasteiger partial charge < -0.3 is 19.9 Å². The zero-order chi connectivity index (χ0) is 20.1. The second kappa shape index (κ2) is 8.77. The fourth-order valence-corrected chi connectivity index (χ4v) is 3.13. The van der Waals surface area contributed by atoms with Gasteiger partial charge in [-0.05, 0) is 31.5 Å². The van der Waals surface area contributed by atoms with E-state index < -0.39 is 6.10 Å². The summed E-state index contributed by atoms with van der Waals surface area (Å²) < 4.78 is 7.56. The predicted octanol–water partition coefficient (Wildman–Crippen LogP) is 1.85. The van der Waals surface area contributed by atoms with Crippen molar-refractivity contribution in [2.24, 2.45) is 0 Å². The number of para-hydroxylation sites is 1. The number of nitrogens with one attached hydrogen (secondary N) is 1. The number of carbonyl (C=O) groups is 2. The molecule has 1 aliphatic heterocycles. The summed E-state index contributed by atoms with van der Waals surface area (Å²) in [5, 5.41) is 7.44. The van der Waals surface area contributed by atoms with E-state index in [1.165, 1.54) is 0 Å². The van der Waals surface area contributed by atoms with E-state index in [2.05, 4.69) is 10.4 Å². The number of hydrogen-bond donors (Lipinski definition) is 1. The van der Waals surface area contributed by atoms with E-state index in [9.17, 15) is 9.59 Å². The summed E-state index contributed by atoms with van der Waals surface area (Å²) in [6, 6.07) is 11.2. The van der Waals surface area contributed by atoms with Gasteiger partial charge in [0.25, 0.3) is 5.91 Å². The molecule has 3 rings (SSSR count). The SMILES string of the molecule is C[C@H](Oc1ccccc1)C(=O)NCc1cc2n(n1)CCCN(C(=O)N(C)C)C2. The second-order valence-electron chi connectivity index (χ2n) is 7.09. The molecule has 0 fully saturated rings. The van der Waals surface area contributed by atoms with E-state index in [1.54, 1.807) is 25.9 Å². The third-order valence-electron chi connectivity index (χ3n) is 4.59. The number of benzene rings is 1. The van der Waals surface area contributed by atoms with Crippen LogP contribution in [0.3, 0.4) is 0 Å². The molecule has 2 aromatic rings. The van der Waals surface area contributed by atoms with E-state index in [4.69, 9.17) is 4.74 Å². The predicted molar refractivity (Wildman–Crippen MR) is 105 cm³/mol. The summed E-state index contributed by atoms with van der Waals surface area (Å²) in [5.74, 6) is 0.459. The van der Waals surface area contributed by atoms with Crippen LogP contribution in [0.15, 0.2) is 36.4 Å². The van der Waals surface area contributed by atoms with Crippen LogP contribution in [0.1, 0.15) is 24.7 Å². The van der Waals surface area contributed by atoms with Gasteiger partial charge in [0, 0.05) is 27.2 Å². The first-order valence-electron chi connectivity index (χ1n) is 9.45. The molecule has 0 radical (unpaired) electrons. The van der Waals surface area contributed by atoms with E-state index >= 15 is 0 Å². The highest BCUT2D eigenvalue weighted by atomic mass is 16.5. The lowest BCUT2D eigenvalue weighted by molar-refractivity contribution is -0.127. The lowest BCUT2D eigenvalue weighted by atomic mass is 10.3. The molecule has 8 nitrogen and oxygen atoms in total. The van der Waals surface area contributed by atoms with Crippen LogP contribution in [0.5, 0.6) is 5.75 Å². The van der Waals surface area contributed by atoms with Gasteiger partial charge in [-0.3, -0.25) is 9.48 Å². The van der Waals surface area contributed by atoms with Crippen LogP contribution in [-0.2, 0) is 24.4 Å². The van der Waals surface area contributed by atoms with Crippen molar-refractivity contribution in [3.05, 3.63) is 47.8 Å². The Labute approximate surface area is 165 Å². The number of carbonyl (C=O) groups excluding carboxylic acids is 2. The van der Waals surface area contributed by atoms with Crippen LogP contribution in [0.4, 0.5) is 4.79 Å². The molecule has 1 aromatic carbocycles. The van der Waals surface area contributed by atoms with Gasteiger partial charge in [0.1, 0.15) is 5.75 Å².